The van der Waals surface area contributed by atoms with Gasteiger partial charge in [-0.1, -0.05) is 24.3 Å². The molecule has 1 aliphatic heterocycles. The van der Waals surface area contributed by atoms with Crippen LogP contribution in [-0.2, 0) is 9.84 Å². The van der Waals surface area contributed by atoms with Gasteiger partial charge in [0.2, 0.25) is 6.79 Å². The van der Waals surface area contributed by atoms with Crippen molar-refractivity contribution in [3.8, 4) is 11.5 Å². The molecular weight excluding hydrogens is 290 g/mol. The zero-order chi connectivity index (χ0) is 14.9. The van der Waals surface area contributed by atoms with Gasteiger partial charge in [0.05, 0.1) is 11.4 Å². The summed E-state index contributed by atoms with van der Waals surface area (Å²) in [6, 6.07) is 13.6. The number of fused-ring (bicyclic) bond motifs is 1. The van der Waals surface area contributed by atoms with E-state index in [1.807, 2.05) is 0 Å². The maximum Gasteiger partial charge on any atom is 0.231 e. The first-order valence-corrected chi connectivity index (χ1v) is 8.15. The van der Waals surface area contributed by atoms with Crippen molar-refractivity contribution in [3.05, 3.63) is 54.1 Å². The highest BCUT2D eigenvalue weighted by molar-refractivity contribution is 7.91. The summed E-state index contributed by atoms with van der Waals surface area (Å²) >= 11 is 0. The Labute approximate surface area is 123 Å². The van der Waals surface area contributed by atoms with Crippen LogP contribution < -0.4 is 15.2 Å². The number of benzene rings is 2. The molecule has 0 saturated heterocycles. The van der Waals surface area contributed by atoms with Crippen LogP contribution in [0.25, 0.3) is 0 Å². The molecule has 3 rings (SSSR count). The van der Waals surface area contributed by atoms with Crippen LogP contribution >= 0.6 is 0 Å². The number of quaternary nitrogens is 1. The van der Waals surface area contributed by atoms with Crippen molar-refractivity contribution >= 4 is 9.84 Å². The number of ether oxygens (including phenoxy) is 2. The van der Waals surface area contributed by atoms with Crippen LogP contribution in [0.2, 0.25) is 0 Å². The molecule has 0 aliphatic carbocycles. The van der Waals surface area contributed by atoms with E-state index in [2.05, 4.69) is 5.73 Å². The molecule has 0 spiro atoms. The number of hydrogen-bond donors (Lipinski definition) is 1. The molecule has 5 nitrogen and oxygen atoms in total. The molecule has 1 atom stereocenters. The minimum Gasteiger partial charge on any atom is -0.454 e. The second kappa shape index (κ2) is 5.38. The van der Waals surface area contributed by atoms with E-state index < -0.39 is 15.1 Å². The molecule has 0 saturated carbocycles. The summed E-state index contributed by atoms with van der Waals surface area (Å²) in [6.45, 7) is 0.413. The average molecular weight is 306 g/mol. The molecule has 0 amide bonds. The van der Waals surface area contributed by atoms with Crippen molar-refractivity contribution in [2.45, 2.75) is 10.1 Å². The van der Waals surface area contributed by atoms with Crippen molar-refractivity contribution in [1.82, 2.24) is 0 Å². The molecule has 0 bridgehead atoms. The molecule has 6 heteroatoms. The highest BCUT2D eigenvalue weighted by atomic mass is 32.2. The van der Waals surface area contributed by atoms with Gasteiger partial charge in [0.1, 0.15) is 5.25 Å². The van der Waals surface area contributed by atoms with Gasteiger partial charge in [0, 0.05) is 0 Å². The van der Waals surface area contributed by atoms with E-state index in [1.165, 1.54) is 0 Å². The van der Waals surface area contributed by atoms with Gasteiger partial charge < -0.3 is 15.2 Å². The monoisotopic (exact) mass is 306 g/mol. The lowest BCUT2D eigenvalue weighted by Crippen LogP contribution is -2.54. The van der Waals surface area contributed by atoms with Crippen LogP contribution in [0.4, 0.5) is 0 Å². The van der Waals surface area contributed by atoms with Gasteiger partial charge in [-0.3, -0.25) is 0 Å². The molecule has 1 aliphatic rings. The highest BCUT2D eigenvalue weighted by Gasteiger charge is 2.30. The fourth-order valence-electron chi connectivity index (χ4n) is 2.39. The number of hydrogen-bond acceptors (Lipinski definition) is 4. The maximum absolute atomic E-state index is 12.8. The Morgan fingerprint density at radius 1 is 1.05 bits per heavy atom. The van der Waals surface area contributed by atoms with E-state index in [9.17, 15) is 8.42 Å². The quantitative estimate of drug-likeness (QED) is 0.919. The predicted octanol–water partition coefficient (Wildman–Crippen LogP) is 1.17. The van der Waals surface area contributed by atoms with Crippen LogP contribution in [-0.4, -0.2) is 21.8 Å². The average Bonchev–Trinajstić information content (AvgIpc) is 2.96. The van der Waals surface area contributed by atoms with E-state index in [0.717, 1.165) is 0 Å². The molecule has 3 N–H and O–H groups in total. The largest absolute Gasteiger partial charge is 0.454 e. The fourth-order valence-corrected chi connectivity index (χ4v) is 4.07. The first-order valence-electron chi connectivity index (χ1n) is 6.60. The topological polar surface area (TPSA) is 80.2 Å². The Balaban J connectivity index is 2.02. The molecule has 1 heterocycles. The molecule has 0 radical (unpaired) electrons. The summed E-state index contributed by atoms with van der Waals surface area (Å²) < 4.78 is 36.1. The zero-order valence-electron chi connectivity index (χ0n) is 11.4. The standard InChI is InChI=1S/C15H15NO4S/c16-9-15(21(17,18)12-4-2-1-3-5-12)11-6-7-13-14(8-11)20-10-19-13/h1-8,15H,9-10,16H2/p+1/t15-/m0/s1. The lowest BCUT2D eigenvalue weighted by atomic mass is 10.1. The third-order valence-corrected chi connectivity index (χ3v) is 5.66. The summed E-state index contributed by atoms with van der Waals surface area (Å²) in [6.07, 6.45) is 0. The predicted molar refractivity (Wildman–Crippen MR) is 76.7 cm³/mol. The van der Waals surface area contributed by atoms with Crippen molar-refractivity contribution in [3.63, 3.8) is 0 Å². The first-order chi connectivity index (χ1) is 10.1. The van der Waals surface area contributed by atoms with Gasteiger partial charge in [0.15, 0.2) is 21.3 Å². The van der Waals surface area contributed by atoms with E-state index in [4.69, 9.17) is 9.47 Å². The van der Waals surface area contributed by atoms with Gasteiger partial charge in [-0.25, -0.2) is 8.42 Å². The van der Waals surface area contributed by atoms with Gasteiger partial charge in [-0.05, 0) is 29.8 Å². The van der Waals surface area contributed by atoms with E-state index in [1.54, 1.807) is 48.5 Å². The molecule has 2 aromatic rings. The summed E-state index contributed by atoms with van der Waals surface area (Å²) in [4.78, 5) is 0.302. The zero-order valence-corrected chi connectivity index (χ0v) is 12.2. The minimum absolute atomic E-state index is 0.166. The van der Waals surface area contributed by atoms with Crippen LogP contribution in [0.15, 0.2) is 53.4 Å². The van der Waals surface area contributed by atoms with E-state index in [-0.39, 0.29) is 13.3 Å². The van der Waals surface area contributed by atoms with Gasteiger partial charge in [-0.15, -0.1) is 0 Å². The maximum atomic E-state index is 12.8. The summed E-state index contributed by atoms with van der Waals surface area (Å²) in [5.41, 5.74) is 4.46. The van der Waals surface area contributed by atoms with Gasteiger partial charge in [-0.2, -0.15) is 0 Å². The second-order valence-electron chi connectivity index (χ2n) is 4.75. The molecule has 21 heavy (non-hydrogen) atoms. The van der Waals surface area contributed by atoms with Crippen molar-refractivity contribution < 1.29 is 23.6 Å². The summed E-state index contributed by atoms with van der Waals surface area (Å²) in [7, 11) is -3.48. The summed E-state index contributed by atoms with van der Waals surface area (Å²) in [5.74, 6) is 1.22. The Kier molecular flexibility index (Phi) is 3.57. The van der Waals surface area contributed by atoms with Crippen LogP contribution in [0.1, 0.15) is 10.8 Å². The first kappa shape index (κ1) is 13.9. The molecule has 110 valence electrons. The lowest BCUT2D eigenvalue weighted by Gasteiger charge is -2.15. The Morgan fingerprint density at radius 2 is 1.76 bits per heavy atom. The Hall–Kier alpha value is -2.05. The van der Waals surface area contributed by atoms with Crippen molar-refractivity contribution in [2.24, 2.45) is 0 Å². The molecule has 0 unspecified atom stereocenters. The molecule has 0 aromatic heterocycles. The molecule has 2 aromatic carbocycles. The van der Waals surface area contributed by atoms with E-state index in [0.29, 0.717) is 22.0 Å². The molecule has 0 fully saturated rings. The Morgan fingerprint density at radius 3 is 2.48 bits per heavy atom. The van der Waals surface area contributed by atoms with Crippen molar-refractivity contribution in [2.75, 3.05) is 13.3 Å². The third-order valence-electron chi connectivity index (χ3n) is 3.48. The lowest BCUT2D eigenvalue weighted by molar-refractivity contribution is -0.367. The van der Waals surface area contributed by atoms with Crippen LogP contribution in [0.5, 0.6) is 11.5 Å². The third kappa shape index (κ3) is 2.48. The smallest absolute Gasteiger partial charge is 0.231 e. The number of rotatable bonds is 4. The SMILES string of the molecule is [NH3+]C[C@@H](c1ccc2c(c1)OCO2)S(=O)(=O)c1ccccc1. The van der Waals surface area contributed by atoms with Gasteiger partial charge in [0.25, 0.3) is 0 Å². The van der Waals surface area contributed by atoms with Crippen LogP contribution in [0.3, 0.4) is 0 Å². The minimum atomic E-state index is -3.48. The van der Waals surface area contributed by atoms with Crippen molar-refractivity contribution in [1.29, 1.82) is 0 Å². The van der Waals surface area contributed by atoms with Crippen LogP contribution in [0, 0.1) is 0 Å². The second-order valence-corrected chi connectivity index (χ2v) is 6.88. The summed E-state index contributed by atoms with van der Waals surface area (Å²) in [5, 5.41) is -0.700. The highest BCUT2D eigenvalue weighted by Crippen LogP contribution is 2.36. The molecular formula is C15H16NO4S+. The normalized spacial score (nSPS) is 14.9. The fraction of sp³-hybridized carbons (Fsp3) is 0.200. The Bertz CT molecular complexity index is 744. The van der Waals surface area contributed by atoms with E-state index >= 15 is 0 Å². The number of sulfone groups is 1. The van der Waals surface area contributed by atoms with Gasteiger partial charge >= 0.3 is 0 Å².